The normalized spacial score (nSPS) is 18.1. The summed E-state index contributed by atoms with van der Waals surface area (Å²) in [7, 11) is 0. The van der Waals surface area contributed by atoms with Crippen molar-refractivity contribution in [2.75, 3.05) is 26.4 Å². The second-order valence-corrected chi connectivity index (χ2v) is 8.38. The van der Waals surface area contributed by atoms with E-state index < -0.39 is 0 Å². The average molecular weight is 461 g/mol. The van der Waals surface area contributed by atoms with Gasteiger partial charge >= 0.3 is 0 Å². The Labute approximate surface area is 178 Å². The summed E-state index contributed by atoms with van der Waals surface area (Å²) in [5.41, 5.74) is 0. The molecule has 154 valence electrons. The van der Waals surface area contributed by atoms with Gasteiger partial charge in [0.1, 0.15) is 24.2 Å². The molecule has 0 amide bonds. The lowest BCUT2D eigenvalue weighted by Gasteiger charge is -2.20. The Balaban J connectivity index is 1.48. The maximum atomic E-state index is 10.8. The summed E-state index contributed by atoms with van der Waals surface area (Å²) in [6.45, 7) is 6.30. The topological polar surface area (TPSA) is 60.5 Å². The quantitative estimate of drug-likeness (QED) is 0.357. The van der Waals surface area contributed by atoms with E-state index in [-0.39, 0.29) is 24.1 Å². The molecule has 1 aliphatic rings. The summed E-state index contributed by atoms with van der Waals surface area (Å²) in [5.74, 6) is 1.02. The predicted octanol–water partition coefficient (Wildman–Crippen LogP) is 5.05. The van der Waals surface area contributed by atoms with Crippen LogP contribution in [0, 0.1) is 0 Å². The molecule has 3 aromatic carbocycles. The molecule has 0 aromatic heterocycles. The molecular weight excluding hydrogens is 436 g/mol. The van der Waals surface area contributed by atoms with E-state index in [2.05, 4.69) is 15.9 Å². The summed E-state index contributed by atoms with van der Waals surface area (Å²) >= 11 is 3.49. The smallest absolute Gasteiger partial charge is 0.135 e. The van der Waals surface area contributed by atoms with E-state index in [0.29, 0.717) is 19.8 Å². The van der Waals surface area contributed by atoms with Crippen LogP contribution in [-0.4, -0.2) is 49.8 Å². The molecule has 5 nitrogen and oxygen atoms in total. The third-order valence-electron chi connectivity index (χ3n) is 4.96. The van der Waals surface area contributed by atoms with Gasteiger partial charge in [0.2, 0.25) is 0 Å². The molecule has 3 atom stereocenters. The molecule has 1 saturated heterocycles. The van der Waals surface area contributed by atoms with Crippen LogP contribution in [0.5, 0.6) is 11.5 Å². The van der Waals surface area contributed by atoms with Gasteiger partial charge in [-0.05, 0) is 32.0 Å². The molecule has 0 radical (unpaired) electrons. The summed E-state index contributed by atoms with van der Waals surface area (Å²) in [6.07, 6.45) is 0.167. The Hall–Kier alpha value is -1.86. The van der Waals surface area contributed by atoms with Crippen molar-refractivity contribution in [1.82, 2.24) is 0 Å². The molecule has 1 heterocycles. The number of rotatable bonds is 9. The van der Waals surface area contributed by atoms with E-state index in [0.717, 1.165) is 38.4 Å². The molecule has 29 heavy (non-hydrogen) atoms. The van der Waals surface area contributed by atoms with Crippen molar-refractivity contribution in [3.05, 3.63) is 46.9 Å². The summed E-state index contributed by atoms with van der Waals surface area (Å²) in [6, 6.07) is 13.5. The lowest BCUT2D eigenvalue weighted by Crippen LogP contribution is -2.25. The van der Waals surface area contributed by atoms with Gasteiger partial charge in [-0.1, -0.05) is 40.2 Å². The molecular formula is C23H25BrO5. The van der Waals surface area contributed by atoms with Crippen LogP contribution >= 0.6 is 15.9 Å². The number of benzene rings is 3. The number of hydrogen-bond acceptors (Lipinski definition) is 5. The zero-order chi connectivity index (χ0) is 20.4. The van der Waals surface area contributed by atoms with Crippen LogP contribution in [-0.2, 0) is 14.2 Å². The van der Waals surface area contributed by atoms with Gasteiger partial charge in [-0.3, -0.25) is 0 Å². The number of aromatic hydroxyl groups is 1. The lowest BCUT2D eigenvalue weighted by molar-refractivity contribution is -0.0449. The number of fused-ring (bicyclic) bond motifs is 2. The highest BCUT2D eigenvalue weighted by atomic mass is 79.9. The van der Waals surface area contributed by atoms with Crippen molar-refractivity contribution >= 4 is 37.5 Å². The highest BCUT2D eigenvalue weighted by Crippen LogP contribution is 2.42. The monoisotopic (exact) mass is 460 g/mol. The summed E-state index contributed by atoms with van der Waals surface area (Å²) in [5, 5.41) is 14.0. The predicted molar refractivity (Wildman–Crippen MR) is 117 cm³/mol. The van der Waals surface area contributed by atoms with Gasteiger partial charge in [-0.15, -0.1) is 0 Å². The Morgan fingerprint density at radius 2 is 1.69 bits per heavy atom. The fourth-order valence-electron chi connectivity index (χ4n) is 3.28. The van der Waals surface area contributed by atoms with Crippen LogP contribution in [0.25, 0.3) is 21.5 Å². The minimum absolute atomic E-state index is 0.00864. The zero-order valence-corrected chi connectivity index (χ0v) is 18.1. The third kappa shape index (κ3) is 4.83. The highest BCUT2D eigenvalue weighted by molar-refractivity contribution is 9.10. The van der Waals surface area contributed by atoms with Crippen LogP contribution in [0.1, 0.15) is 13.8 Å². The van der Waals surface area contributed by atoms with Gasteiger partial charge in [0.05, 0.1) is 32.0 Å². The Morgan fingerprint density at radius 1 is 1.00 bits per heavy atom. The van der Waals surface area contributed by atoms with Crippen LogP contribution in [0.15, 0.2) is 46.9 Å². The number of ether oxygens (including phenoxy) is 4. The van der Waals surface area contributed by atoms with Crippen molar-refractivity contribution in [2.45, 2.75) is 32.2 Å². The largest absolute Gasteiger partial charge is 0.507 e. The zero-order valence-electron chi connectivity index (χ0n) is 16.6. The Bertz CT molecular complexity index is 1000. The van der Waals surface area contributed by atoms with Crippen LogP contribution in [0.2, 0.25) is 0 Å². The molecule has 1 fully saturated rings. The molecule has 0 aliphatic carbocycles. The van der Waals surface area contributed by atoms with E-state index in [1.165, 1.54) is 0 Å². The number of epoxide rings is 1. The SMILES string of the molecule is CC(COc1c2ccccc2c(O)c2cc(Br)ccc12)OCC(C)OCC1CO1. The van der Waals surface area contributed by atoms with Gasteiger partial charge in [0.25, 0.3) is 0 Å². The second kappa shape index (κ2) is 8.88. The van der Waals surface area contributed by atoms with Crippen molar-refractivity contribution in [1.29, 1.82) is 0 Å². The van der Waals surface area contributed by atoms with Crippen LogP contribution in [0.4, 0.5) is 0 Å². The molecule has 0 saturated carbocycles. The molecule has 4 rings (SSSR count). The molecule has 0 bridgehead atoms. The van der Waals surface area contributed by atoms with Gasteiger partial charge < -0.3 is 24.1 Å². The fraction of sp³-hybridized carbons (Fsp3) is 0.391. The van der Waals surface area contributed by atoms with Crippen molar-refractivity contribution in [3.63, 3.8) is 0 Å². The third-order valence-corrected chi connectivity index (χ3v) is 5.45. The standard InChI is InChI=1S/C23H25BrO5/c1-14(27-12-17-13-28-17)10-26-15(2)11-29-23-19-6-4-3-5-18(19)22(25)21-9-16(24)7-8-20(21)23/h3-9,14-15,17,25H,10-13H2,1-2H3. The first-order valence-corrected chi connectivity index (χ1v) is 10.6. The molecule has 3 aromatic rings. The van der Waals surface area contributed by atoms with E-state index in [4.69, 9.17) is 18.9 Å². The fourth-order valence-corrected chi connectivity index (χ4v) is 3.64. The van der Waals surface area contributed by atoms with Crippen molar-refractivity contribution < 1.29 is 24.1 Å². The minimum atomic E-state index is -0.101. The van der Waals surface area contributed by atoms with Gasteiger partial charge in [0, 0.05) is 26.0 Å². The highest BCUT2D eigenvalue weighted by Gasteiger charge is 2.23. The minimum Gasteiger partial charge on any atom is -0.507 e. The van der Waals surface area contributed by atoms with E-state index >= 15 is 0 Å². The first-order valence-electron chi connectivity index (χ1n) is 9.83. The summed E-state index contributed by atoms with van der Waals surface area (Å²) in [4.78, 5) is 0. The average Bonchev–Trinajstić information content (AvgIpc) is 3.55. The molecule has 3 unspecified atom stereocenters. The molecule has 0 spiro atoms. The Morgan fingerprint density at radius 3 is 2.45 bits per heavy atom. The maximum Gasteiger partial charge on any atom is 0.135 e. The van der Waals surface area contributed by atoms with Gasteiger partial charge in [0.15, 0.2) is 0 Å². The van der Waals surface area contributed by atoms with Crippen molar-refractivity contribution in [2.24, 2.45) is 0 Å². The van der Waals surface area contributed by atoms with E-state index in [1.54, 1.807) is 0 Å². The van der Waals surface area contributed by atoms with Gasteiger partial charge in [-0.25, -0.2) is 0 Å². The maximum absolute atomic E-state index is 10.8. The molecule has 1 aliphatic heterocycles. The van der Waals surface area contributed by atoms with Crippen LogP contribution < -0.4 is 4.74 Å². The first kappa shape index (κ1) is 20.4. The van der Waals surface area contributed by atoms with E-state index in [9.17, 15) is 5.11 Å². The molecule has 1 N–H and O–H groups in total. The van der Waals surface area contributed by atoms with Gasteiger partial charge in [-0.2, -0.15) is 0 Å². The number of hydrogen-bond donors (Lipinski definition) is 1. The summed E-state index contributed by atoms with van der Waals surface area (Å²) < 4.78 is 23.9. The lowest BCUT2D eigenvalue weighted by atomic mass is 10.0. The number of halogens is 1. The number of phenols is 1. The van der Waals surface area contributed by atoms with Crippen LogP contribution in [0.3, 0.4) is 0 Å². The number of phenolic OH excluding ortho intramolecular Hbond substituents is 1. The first-order chi connectivity index (χ1) is 14.0. The van der Waals surface area contributed by atoms with E-state index in [1.807, 2.05) is 56.3 Å². The Kier molecular flexibility index (Phi) is 6.25. The molecule has 6 heteroatoms. The van der Waals surface area contributed by atoms with Crippen molar-refractivity contribution in [3.8, 4) is 11.5 Å². The second-order valence-electron chi connectivity index (χ2n) is 7.47.